The third kappa shape index (κ3) is 3.20. The highest BCUT2D eigenvalue weighted by Gasteiger charge is 2.21. The Morgan fingerprint density at radius 1 is 1.14 bits per heavy atom. The second-order valence-electron chi connectivity index (χ2n) is 6.93. The first kappa shape index (κ1) is 18.4. The number of aromatic nitrogens is 2. The minimum Gasteiger partial charge on any atom is -0.339 e. The van der Waals surface area contributed by atoms with Crippen molar-refractivity contribution in [1.29, 1.82) is 0 Å². The third-order valence-electron chi connectivity index (χ3n) is 5.00. The Bertz CT molecular complexity index is 1120. The van der Waals surface area contributed by atoms with E-state index in [-0.39, 0.29) is 17.4 Å². The van der Waals surface area contributed by atoms with E-state index in [1.165, 1.54) is 22.2 Å². The molecule has 1 saturated heterocycles. The molecule has 1 fully saturated rings. The normalized spacial score (nSPS) is 13.9. The molecule has 0 atom stereocenters. The van der Waals surface area contributed by atoms with Gasteiger partial charge >= 0.3 is 0 Å². The first-order valence-corrected chi connectivity index (χ1v) is 9.93. The van der Waals surface area contributed by atoms with Gasteiger partial charge in [-0.2, -0.15) is 0 Å². The van der Waals surface area contributed by atoms with Crippen LogP contribution in [0.2, 0.25) is 0 Å². The zero-order valence-corrected chi connectivity index (χ0v) is 16.5. The number of aryl methyl sites for hydroxylation is 2. The van der Waals surface area contributed by atoms with Crippen LogP contribution in [-0.2, 0) is 7.05 Å². The van der Waals surface area contributed by atoms with E-state index in [0.717, 1.165) is 25.9 Å². The quantitative estimate of drug-likeness (QED) is 0.738. The van der Waals surface area contributed by atoms with Crippen LogP contribution in [0.1, 0.15) is 38.4 Å². The van der Waals surface area contributed by atoms with Crippen molar-refractivity contribution in [3.63, 3.8) is 0 Å². The first-order valence-electron chi connectivity index (χ1n) is 9.11. The Hall–Kier alpha value is -3.00. The van der Waals surface area contributed by atoms with Crippen molar-refractivity contribution in [1.82, 2.24) is 14.5 Å². The molecule has 1 N–H and O–H groups in total. The fraction of sp³-hybridized carbons (Fsp3) is 0.300. The van der Waals surface area contributed by atoms with Crippen LogP contribution in [0.15, 0.2) is 35.4 Å². The molecular weight excluding hydrogens is 376 g/mol. The number of amides is 2. The standard InChI is InChI=1S/C20H20N4O3S/c1-12-15-18(21-11-23(2)20(15)27)28-16(12)17(25)22-14-7-5-13(6-8-14)19(26)24-9-3-4-10-24/h5-8,11H,3-4,9-10H2,1-2H3,(H,22,25). The maximum absolute atomic E-state index is 12.7. The van der Waals surface area contributed by atoms with E-state index in [0.29, 0.717) is 31.9 Å². The van der Waals surface area contributed by atoms with E-state index in [4.69, 9.17) is 0 Å². The van der Waals surface area contributed by atoms with Gasteiger partial charge in [-0.25, -0.2) is 4.98 Å². The number of anilines is 1. The van der Waals surface area contributed by atoms with Gasteiger partial charge in [0.25, 0.3) is 17.4 Å². The Morgan fingerprint density at radius 2 is 1.82 bits per heavy atom. The third-order valence-corrected chi connectivity index (χ3v) is 6.20. The van der Waals surface area contributed by atoms with Crippen LogP contribution in [-0.4, -0.2) is 39.4 Å². The van der Waals surface area contributed by atoms with Gasteiger partial charge in [-0.3, -0.25) is 14.4 Å². The van der Waals surface area contributed by atoms with Crippen LogP contribution in [0.25, 0.3) is 10.2 Å². The number of carbonyl (C=O) groups is 2. The largest absolute Gasteiger partial charge is 0.339 e. The predicted octanol–water partition coefficient (Wildman–Crippen LogP) is 2.79. The van der Waals surface area contributed by atoms with Gasteiger partial charge in [0.1, 0.15) is 4.83 Å². The first-order chi connectivity index (χ1) is 13.5. The van der Waals surface area contributed by atoms with E-state index in [2.05, 4.69) is 10.3 Å². The van der Waals surface area contributed by atoms with E-state index >= 15 is 0 Å². The van der Waals surface area contributed by atoms with E-state index in [1.807, 2.05) is 4.90 Å². The summed E-state index contributed by atoms with van der Waals surface area (Å²) in [4.78, 5) is 44.5. The van der Waals surface area contributed by atoms with Crippen LogP contribution in [0.5, 0.6) is 0 Å². The number of nitrogens with zero attached hydrogens (tertiary/aromatic N) is 3. The maximum atomic E-state index is 12.7. The van der Waals surface area contributed by atoms with Gasteiger partial charge in [0, 0.05) is 31.4 Å². The number of hydrogen-bond acceptors (Lipinski definition) is 5. The lowest BCUT2D eigenvalue weighted by Crippen LogP contribution is -2.27. The average molecular weight is 396 g/mol. The van der Waals surface area contributed by atoms with Crippen LogP contribution in [0.3, 0.4) is 0 Å². The molecule has 2 aromatic heterocycles. The molecule has 1 aliphatic heterocycles. The van der Waals surface area contributed by atoms with Crippen molar-refractivity contribution in [2.45, 2.75) is 19.8 Å². The Morgan fingerprint density at radius 3 is 2.50 bits per heavy atom. The Kier molecular flexibility index (Phi) is 4.72. The summed E-state index contributed by atoms with van der Waals surface area (Å²) in [5.74, 6) is -0.265. The highest BCUT2D eigenvalue weighted by molar-refractivity contribution is 7.20. The van der Waals surface area contributed by atoms with Gasteiger partial charge in [-0.05, 0) is 49.6 Å². The van der Waals surface area contributed by atoms with Gasteiger partial charge in [0.2, 0.25) is 0 Å². The highest BCUT2D eigenvalue weighted by Crippen LogP contribution is 2.27. The second kappa shape index (κ2) is 7.20. The number of thiophene rings is 1. The molecule has 0 bridgehead atoms. The average Bonchev–Trinajstić information content (AvgIpc) is 3.33. The fourth-order valence-corrected chi connectivity index (χ4v) is 4.45. The summed E-state index contributed by atoms with van der Waals surface area (Å²) in [6, 6.07) is 6.90. The summed E-state index contributed by atoms with van der Waals surface area (Å²) in [5.41, 5.74) is 1.68. The molecule has 0 radical (unpaired) electrons. The molecule has 7 nitrogen and oxygen atoms in total. The van der Waals surface area contributed by atoms with E-state index < -0.39 is 0 Å². The summed E-state index contributed by atoms with van der Waals surface area (Å²) >= 11 is 1.20. The molecule has 0 aliphatic carbocycles. The van der Waals surface area contributed by atoms with Crippen LogP contribution in [0.4, 0.5) is 5.69 Å². The number of hydrogen-bond donors (Lipinski definition) is 1. The van der Waals surface area contributed by atoms with Crippen molar-refractivity contribution in [3.8, 4) is 0 Å². The summed E-state index contributed by atoms with van der Waals surface area (Å²) in [6.45, 7) is 3.36. The van der Waals surface area contributed by atoms with E-state index in [1.54, 1.807) is 38.2 Å². The number of carbonyl (C=O) groups excluding carboxylic acids is 2. The van der Waals surface area contributed by atoms with Gasteiger partial charge in [-0.15, -0.1) is 11.3 Å². The zero-order chi connectivity index (χ0) is 19.8. The molecule has 1 aromatic carbocycles. The Labute approximate surface area is 165 Å². The minimum atomic E-state index is -0.291. The molecule has 4 rings (SSSR count). The topological polar surface area (TPSA) is 84.3 Å². The molecule has 3 aromatic rings. The molecule has 0 unspecified atom stereocenters. The lowest BCUT2D eigenvalue weighted by atomic mass is 10.1. The van der Waals surface area contributed by atoms with Crippen LogP contribution < -0.4 is 10.9 Å². The number of benzene rings is 1. The molecule has 1 aliphatic rings. The molecule has 0 saturated carbocycles. The van der Waals surface area contributed by atoms with E-state index in [9.17, 15) is 14.4 Å². The predicted molar refractivity (Wildman–Crippen MR) is 109 cm³/mol. The number of rotatable bonds is 3. The van der Waals surface area contributed by atoms with Crippen LogP contribution >= 0.6 is 11.3 Å². The SMILES string of the molecule is Cc1c(C(=O)Nc2ccc(C(=O)N3CCCC3)cc2)sc2ncn(C)c(=O)c12. The highest BCUT2D eigenvalue weighted by atomic mass is 32.1. The molecule has 8 heteroatoms. The zero-order valence-electron chi connectivity index (χ0n) is 15.7. The summed E-state index contributed by atoms with van der Waals surface area (Å²) in [6.07, 6.45) is 3.55. The van der Waals surface area contributed by atoms with Crippen molar-refractivity contribution in [2.24, 2.45) is 7.05 Å². The summed E-state index contributed by atoms with van der Waals surface area (Å²) < 4.78 is 1.40. The molecule has 28 heavy (non-hydrogen) atoms. The molecular formula is C20H20N4O3S. The lowest BCUT2D eigenvalue weighted by Gasteiger charge is -2.15. The van der Waals surface area contributed by atoms with Crippen molar-refractivity contribution < 1.29 is 9.59 Å². The molecule has 2 amide bonds. The number of likely N-dealkylation sites (tertiary alicyclic amines) is 1. The minimum absolute atomic E-state index is 0.0256. The monoisotopic (exact) mass is 396 g/mol. The summed E-state index contributed by atoms with van der Waals surface area (Å²) in [5, 5.41) is 3.32. The lowest BCUT2D eigenvalue weighted by molar-refractivity contribution is 0.0792. The second-order valence-corrected chi connectivity index (χ2v) is 7.93. The molecule has 3 heterocycles. The smallest absolute Gasteiger partial charge is 0.266 e. The van der Waals surface area contributed by atoms with Crippen molar-refractivity contribution in [3.05, 3.63) is 57.0 Å². The van der Waals surface area contributed by atoms with Gasteiger partial charge in [-0.1, -0.05) is 0 Å². The van der Waals surface area contributed by atoms with Gasteiger partial charge < -0.3 is 14.8 Å². The number of fused-ring (bicyclic) bond motifs is 1. The van der Waals surface area contributed by atoms with Gasteiger partial charge in [0.15, 0.2) is 0 Å². The van der Waals surface area contributed by atoms with Crippen molar-refractivity contribution >= 4 is 39.1 Å². The fourth-order valence-electron chi connectivity index (χ4n) is 3.41. The summed E-state index contributed by atoms with van der Waals surface area (Å²) in [7, 11) is 1.64. The molecule has 0 spiro atoms. The Balaban J connectivity index is 1.55. The number of nitrogens with one attached hydrogen (secondary N) is 1. The maximum Gasteiger partial charge on any atom is 0.266 e. The van der Waals surface area contributed by atoms with Crippen molar-refractivity contribution in [2.75, 3.05) is 18.4 Å². The molecule has 144 valence electrons. The van der Waals surface area contributed by atoms with Gasteiger partial charge in [0.05, 0.1) is 16.6 Å². The van der Waals surface area contributed by atoms with Crippen LogP contribution in [0, 0.1) is 6.92 Å².